The minimum absolute atomic E-state index is 0.191. The average Bonchev–Trinajstić information content (AvgIpc) is 2.80. The summed E-state index contributed by atoms with van der Waals surface area (Å²) in [5.74, 6) is -0.590. The molecule has 0 fully saturated rings. The Morgan fingerprint density at radius 3 is 2.58 bits per heavy atom. The van der Waals surface area contributed by atoms with Crippen molar-refractivity contribution >= 4 is 47.0 Å². The van der Waals surface area contributed by atoms with E-state index in [1.807, 2.05) is 18.2 Å². The van der Waals surface area contributed by atoms with Crippen molar-refractivity contribution in [2.24, 2.45) is 4.99 Å². The van der Waals surface area contributed by atoms with E-state index in [0.29, 0.717) is 34.1 Å². The quantitative estimate of drug-likeness (QED) is 0.592. The highest BCUT2D eigenvalue weighted by molar-refractivity contribution is 6.35. The molecule has 1 aromatic heterocycles. The van der Waals surface area contributed by atoms with Gasteiger partial charge in [-0.05, 0) is 55.0 Å². The second kappa shape index (κ2) is 9.29. The summed E-state index contributed by atoms with van der Waals surface area (Å²) in [5, 5.41) is 3.54. The van der Waals surface area contributed by atoms with Gasteiger partial charge in [-0.25, -0.2) is 0 Å². The third kappa shape index (κ3) is 4.76. The minimum Gasteiger partial charge on any atom is -0.322 e. The molecule has 31 heavy (non-hydrogen) atoms. The van der Waals surface area contributed by atoms with Crippen molar-refractivity contribution in [2.75, 3.05) is 18.4 Å². The van der Waals surface area contributed by atoms with Gasteiger partial charge in [0.15, 0.2) is 0 Å². The number of hydrogen-bond acceptors (Lipinski definition) is 4. The number of carbonyl (C=O) groups excluding carboxylic acids is 2. The van der Waals surface area contributed by atoms with E-state index in [4.69, 9.17) is 23.2 Å². The molecule has 0 spiro atoms. The molecule has 0 saturated heterocycles. The molecule has 1 aliphatic heterocycles. The number of halogens is 2. The molecule has 0 bridgehead atoms. The van der Waals surface area contributed by atoms with Crippen LogP contribution in [0.5, 0.6) is 0 Å². The van der Waals surface area contributed by atoms with Crippen LogP contribution in [0, 0.1) is 0 Å². The number of carbonyl (C=O) groups is 2. The molecule has 2 amide bonds. The fourth-order valence-corrected chi connectivity index (χ4v) is 3.70. The van der Waals surface area contributed by atoms with Gasteiger partial charge in [-0.3, -0.25) is 24.5 Å². The number of rotatable bonds is 4. The molecule has 0 aliphatic carbocycles. The van der Waals surface area contributed by atoms with Gasteiger partial charge in [-0.2, -0.15) is 0 Å². The zero-order valence-electron chi connectivity index (χ0n) is 16.4. The van der Waals surface area contributed by atoms with Crippen molar-refractivity contribution in [1.29, 1.82) is 0 Å². The summed E-state index contributed by atoms with van der Waals surface area (Å²) >= 11 is 12.6. The SMILES string of the molecule is O=C(Nc1ccc(Cl)c(-c2ccccn2)c1)c1ccc(C(=O)N2C=NCCC2)cc1Cl. The summed E-state index contributed by atoms with van der Waals surface area (Å²) in [6.45, 7) is 1.33. The molecule has 0 radical (unpaired) electrons. The zero-order chi connectivity index (χ0) is 21.8. The Hall–Kier alpha value is -3.22. The van der Waals surface area contributed by atoms with E-state index in [1.54, 1.807) is 47.8 Å². The van der Waals surface area contributed by atoms with Gasteiger partial charge < -0.3 is 5.32 Å². The van der Waals surface area contributed by atoms with Crippen molar-refractivity contribution in [1.82, 2.24) is 9.88 Å². The van der Waals surface area contributed by atoms with Crippen LogP contribution in [0.2, 0.25) is 10.0 Å². The number of nitrogens with one attached hydrogen (secondary N) is 1. The fourth-order valence-electron chi connectivity index (χ4n) is 3.22. The van der Waals surface area contributed by atoms with Crippen LogP contribution in [0.25, 0.3) is 11.3 Å². The number of amides is 2. The number of pyridine rings is 1. The largest absolute Gasteiger partial charge is 0.322 e. The van der Waals surface area contributed by atoms with Gasteiger partial charge in [0.05, 0.1) is 27.6 Å². The van der Waals surface area contributed by atoms with Crippen LogP contribution in [0.3, 0.4) is 0 Å². The molecule has 1 aliphatic rings. The summed E-state index contributed by atoms with van der Waals surface area (Å²) in [6.07, 6.45) is 4.04. The lowest BCUT2D eigenvalue weighted by Crippen LogP contribution is -2.33. The highest BCUT2D eigenvalue weighted by Gasteiger charge is 2.19. The maximum absolute atomic E-state index is 12.8. The van der Waals surface area contributed by atoms with Gasteiger partial charge in [0.2, 0.25) is 0 Å². The van der Waals surface area contributed by atoms with Crippen LogP contribution < -0.4 is 5.32 Å². The summed E-state index contributed by atoms with van der Waals surface area (Å²) < 4.78 is 0. The van der Waals surface area contributed by atoms with E-state index in [0.717, 1.165) is 13.0 Å². The van der Waals surface area contributed by atoms with E-state index in [-0.39, 0.29) is 16.5 Å². The van der Waals surface area contributed by atoms with E-state index >= 15 is 0 Å². The summed E-state index contributed by atoms with van der Waals surface area (Å²) in [6, 6.07) is 15.3. The monoisotopic (exact) mass is 452 g/mol. The second-order valence-corrected chi connectivity index (χ2v) is 7.75. The van der Waals surface area contributed by atoms with E-state index in [2.05, 4.69) is 15.3 Å². The van der Waals surface area contributed by atoms with Crippen molar-refractivity contribution in [3.63, 3.8) is 0 Å². The van der Waals surface area contributed by atoms with Crippen LogP contribution in [0.4, 0.5) is 5.69 Å². The number of hydrogen-bond donors (Lipinski definition) is 1. The Morgan fingerprint density at radius 1 is 1.00 bits per heavy atom. The van der Waals surface area contributed by atoms with Crippen molar-refractivity contribution < 1.29 is 9.59 Å². The number of aromatic nitrogens is 1. The molecule has 6 nitrogen and oxygen atoms in total. The Balaban J connectivity index is 1.53. The summed E-state index contributed by atoms with van der Waals surface area (Å²) in [4.78, 5) is 35.3. The first-order valence-electron chi connectivity index (χ1n) is 9.66. The Morgan fingerprint density at radius 2 is 1.87 bits per heavy atom. The number of benzene rings is 2. The van der Waals surface area contributed by atoms with Gasteiger partial charge >= 0.3 is 0 Å². The maximum atomic E-state index is 12.8. The Labute approximate surface area is 189 Å². The first-order valence-corrected chi connectivity index (χ1v) is 10.4. The molecule has 2 heterocycles. The van der Waals surface area contributed by atoms with Crippen molar-refractivity contribution in [3.8, 4) is 11.3 Å². The molecular weight excluding hydrogens is 435 g/mol. The van der Waals surface area contributed by atoms with Crippen LogP contribution in [0.1, 0.15) is 27.1 Å². The zero-order valence-corrected chi connectivity index (χ0v) is 17.9. The molecule has 156 valence electrons. The van der Waals surface area contributed by atoms with Gasteiger partial charge in [0.25, 0.3) is 11.8 Å². The van der Waals surface area contributed by atoms with Gasteiger partial charge in [-0.15, -0.1) is 0 Å². The third-order valence-electron chi connectivity index (χ3n) is 4.79. The predicted molar refractivity (Wildman–Crippen MR) is 123 cm³/mol. The topological polar surface area (TPSA) is 74.7 Å². The Kier molecular flexibility index (Phi) is 6.30. The Bertz CT molecular complexity index is 1170. The van der Waals surface area contributed by atoms with E-state index in [9.17, 15) is 9.59 Å². The fraction of sp³-hybridized carbons (Fsp3) is 0.130. The summed E-state index contributed by atoms with van der Waals surface area (Å²) in [5.41, 5.74) is 2.62. The molecule has 2 aromatic carbocycles. The van der Waals surface area contributed by atoms with Gasteiger partial charge in [-0.1, -0.05) is 29.3 Å². The standard InChI is InChI=1S/C23H18Cl2N4O2/c24-19-8-6-16(13-18(19)21-4-1-2-10-27-21)28-22(30)17-7-5-15(12-20(17)25)23(31)29-11-3-9-26-14-29/h1-2,4-8,10,12-14H,3,9,11H2,(H,28,30). The van der Waals surface area contributed by atoms with Crippen molar-refractivity contribution in [3.05, 3.63) is 82.0 Å². The molecule has 0 saturated carbocycles. The average molecular weight is 453 g/mol. The van der Waals surface area contributed by atoms with Crippen molar-refractivity contribution in [2.45, 2.75) is 6.42 Å². The number of aliphatic imine (C=N–C) groups is 1. The number of anilines is 1. The highest BCUT2D eigenvalue weighted by Crippen LogP contribution is 2.30. The maximum Gasteiger partial charge on any atom is 0.259 e. The normalized spacial score (nSPS) is 13.2. The number of nitrogens with zero attached hydrogens (tertiary/aromatic N) is 3. The van der Waals surface area contributed by atoms with E-state index in [1.165, 1.54) is 6.07 Å². The molecule has 0 atom stereocenters. The van der Waals surface area contributed by atoms with Gasteiger partial charge in [0, 0.05) is 36.1 Å². The molecule has 4 rings (SSSR count). The lowest BCUT2D eigenvalue weighted by molar-refractivity contribution is 0.0846. The lowest BCUT2D eigenvalue weighted by Gasteiger charge is -2.20. The lowest BCUT2D eigenvalue weighted by atomic mass is 10.1. The predicted octanol–water partition coefficient (Wildman–Crippen LogP) is 5.18. The van der Waals surface area contributed by atoms with Crippen LogP contribution in [-0.4, -0.2) is 41.1 Å². The summed E-state index contributed by atoms with van der Waals surface area (Å²) in [7, 11) is 0. The first-order chi connectivity index (χ1) is 15.0. The molecular formula is C23H18Cl2N4O2. The van der Waals surface area contributed by atoms with Crippen LogP contribution >= 0.6 is 23.2 Å². The highest BCUT2D eigenvalue weighted by atomic mass is 35.5. The minimum atomic E-state index is -0.391. The third-order valence-corrected chi connectivity index (χ3v) is 5.44. The van der Waals surface area contributed by atoms with Crippen LogP contribution in [0.15, 0.2) is 65.8 Å². The first kappa shape index (κ1) is 21.0. The van der Waals surface area contributed by atoms with Gasteiger partial charge in [0.1, 0.15) is 0 Å². The van der Waals surface area contributed by atoms with Crippen LogP contribution in [-0.2, 0) is 0 Å². The second-order valence-electron chi connectivity index (χ2n) is 6.93. The smallest absolute Gasteiger partial charge is 0.259 e. The molecule has 1 N–H and O–H groups in total. The van der Waals surface area contributed by atoms with E-state index < -0.39 is 5.91 Å². The molecule has 8 heteroatoms. The molecule has 0 unspecified atom stereocenters. The molecule has 3 aromatic rings.